The monoisotopic (exact) mass is 550 g/mol. The number of aliphatic imine (C=N–C) groups is 1. The molecule has 6 nitrogen and oxygen atoms in total. The molecule has 0 aliphatic carbocycles. The number of benzene rings is 4. The summed E-state index contributed by atoms with van der Waals surface area (Å²) in [6.07, 6.45) is 1.72. The van der Waals surface area contributed by atoms with E-state index in [2.05, 4.69) is 4.90 Å². The van der Waals surface area contributed by atoms with Gasteiger partial charge in [-0.1, -0.05) is 66.7 Å². The fraction of sp³-hybridized carbons (Fsp3) is 0.152. The molecule has 4 aromatic rings. The van der Waals surface area contributed by atoms with Gasteiger partial charge < -0.3 is 5.11 Å². The minimum absolute atomic E-state index is 0.150. The van der Waals surface area contributed by atoms with Crippen molar-refractivity contribution in [2.45, 2.75) is 6.04 Å². The summed E-state index contributed by atoms with van der Waals surface area (Å²) in [5, 5.41) is 13.3. The third kappa shape index (κ3) is 5.66. The number of halogens is 2. The van der Waals surface area contributed by atoms with Gasteiger partial charge in [0.1, 0.15) is 23.1 Å². The van der Waals surface area contributed by atoms with Crippen LogP contribution in [0.5, 0.6) is 5.75 Å². The van der Waals surface area contributed by atoms with E-state index in [-0.39, 0.29) is 29.3 Å². The van der Waals surface area contributed by atoms with Crippen LogP contribution in [0.1, 0.15) is 28.3 Å². The standard InChI is InChI=1S/C33H28F2N4O2/c34-27-12-8-24(9-13-27)31(25-10-14-28(35)15-11-25)37-18-20-38(21-19-37)39-32(26-4-2-1-3-5-26)36-30(33(39)41)22-23-6-16-29(40)17-7-23/h1-17,22,31,40H,18-21H2/b30-22-. The summed E-state index contributed by atoms with van der Waals surface area (Å²) in [7, 11) is 0. The lowest BCUT2D eigenvalue weighted by molar-refractivity contribution is -0.136. The number of aromatic hydroxyl groups is 1. The maximum absolute atomic E-state index is 13.7. The lowest BCUT2D eigenvalue weighted by atomic mass is 9.96. The van der Waals surface area contributed by atoms with Crippen LogP contribution in [0.2, 0.25) is 0 Å². The zero-order valence-electron chi connectivity index (χ0n) is 22.2. The van der Waals surface area contributed by atoms with Crippen molar-refractivity contribution in [2.24, 2.45) is 4.99 Å². The van der Waals surface area contributed by atoms with Crippen molar-refractivity contribution in [3.8, 4) is 5.75 Å². The van der Waals surface area contributed by atoms with Crippen LogP contribution in [0.15, 0.2) is 114 Å². The van der Waals surface area contributed by atoms with Gasteiger partial charge in [0.25, 0.3) is 5.91 Å². The van der Waals surface area contributed by atoms with Gasteiger partial charge in [-0.2, -0.15) is 0 Å². The van der Waals surface area contributed by atoms with Crippen molar-refractivity contribution in [2.75, 3.05) is 26.2 Å². The van der Waals surface area contributed by atoms with E-state index in [1.165, 1.54) is 24.3 Å². The highest BCUT2D eigenvalue weighted by Crippen LogP contribution is 2.32. The lowest BCUT2D eigenvalue weighted by Crippen LogP contribution is -2.56. The Morgan fingerprint density at radius 3 is 1.85 bits per heavy atom. The number of phenols is 1. The van der Waals surface area contributed by atoms with Gasteiger partial charge in [0.15, 0.2) is 5.84 Å². The number of carbonyl (C=O) groups is 1. The smallest absolute Gasteiger partial charge is 0.292 e. The first-order valence-electron chi connectivity index (χ1n) is 13.5. The van der Waals surface area contributed by atoms with Gasteiger partial charge in [0, 0.05) is 31.7 Å². The van der Waals surface area contributed by atoms with E-state index in [0.717, 1.165) is 22.3 Å². The predicted octanol–water partition coefficient (Wildman–Crippen LogP) is 5.62. The topological polar surface area (TPSA) is 59.4 Å². The van der Waals surface area contributed by atoms with Crippen LogP contribution in [0.4, 0.5) is 8.78 Å². The third-order valence-corrected chi connectivity index (χ3v) is 7.38. The zero-order valence-corrected chi connectivity index (χ0v) is 22.2. The van der Waals surface area contributed by atoms with Crippen LogP contribution < -0.4 is 0 Å². The Labute approximate surface area is 237 Å². The second kappa shape index (κ2) is 11.4. The van der Waals surface area contributed by atoms with Crippen LogP contribution in [-0.2, 0) is 4.79 Å². The molecule has 0 atom stereocenters. The molecular formula is C33H28F2N4O2. The van der Waals surface area contributed by atoms with Crippen LogP contribution >= 0.6 is 0 Å². The van der Waals surface area contributed by atoms with Gasteiger partial charge in [0.2, 0.25) is 0 Å². The van der Waals surface area contributed by atoms with Crippen molar-refractivity contribution in [3.05, 3.63) is 143 Å². The van der Waals surface area contributed by atoms with Crippen molar-refractivity contribution in [1.29, 1.82) is 0 Å². The molecule has 2 aliphatic rings. The molecule has 6 rings (SSSR count). The SMILES string of the molecule is O=C1/C(=C/c2ccc(O)cc2)N=C(c2ccccc2)N1N1CCN(C(c2ccc(F)cc2)c2ccc(F)cc2)CC1. The van der Waals surface area contributed by atoms with Gasteiger partial charge in [-0.3, -0.25) is 9.69 Å². The van der Waals surface area contributed by atoms with Crippen LogP contribution in [-0.4, -0.2) is 57.9 Å². The number of phenolic OH excluding ortho intramolecular Hbond substituents is 1. The molecule has 0 bridgehead atoms. The van der Waals surface area contributed by atoms with Gasteiger partial charge in [-0.25, -0.2) is 23.8 Å². The van der Waals surface area contributed by atoms with E-state index < -0.39 is 0 Å². The third-order valence-electron chi connectivity index (χ3n) is 7.38. The van der Waals surface area contributed by atoms with Crippen molar-refractivity contribution in [1.82, 2.24) is 14.9 Å². The first-order chi connectivity index (χ1) is 20.0. The number of hydrogen-bond donors (Lipinski definition) is 1. The number of rotatable bonds is 6. The molecule has 0 aromatic heterocycles. The maximum atomic E-state index is 13.7. The number of amides is 1. The highest BCUT2D eigenvalue weighted by molar-refractivity contribution is 6.19. The summed E-state index contributed by atoms with van der Waals surface area (Å²) in [6.45, 7) is 2.32. The molecule has 1 N–H and O–H groups in total. The number of carbonyl (C=O) groups excluding carboxylic acids is 1. The van der Waals surface area contributed by atoms with Gasteiger partial charge in [-0.05, 0) is 59.2 Å². The molecule has 4 aromatic carbocycles. The summed E-state index contributed by atoms with van der Waals surface area (Å²) < 4.78 is 27.5. The summed E-state index contributed by atoms with van der Waals surface area (Å²) in [4.78, 5) is 20.8. The molecule has 0 unspecified atom stereocenters. The van der Waals surface area contributed by atoms with Crippen LogP contribution in [0.3, 0.4) is 0 Å². The normalized spacial score (nSPS) is 17.4. The zero-order chi connectivity index (χ0) is 28.3. The summed E-state index contributed by atoms with van der Waals surface area (Å²) in [5.74, 6) is -0.139. The molecule has 0 radical (unpaired) electrons. The minimum Gasteiger partial charge on any atom is -0.508 e. The quantitative estimate of drug-likeness (QED) is 0.317. The second-order valence-electron chi connectivity index (χ2n) is 10.0. The maximum Gasteiger partial charge on any atom is 0.292 e. The number of amidine groups is 1. The average Bonchev–Trinajstić information content (AvgIpc) is 3.32. The molecule has 206 valence electrons. The van der Waals surface area contributed by atoms with Crippen molar-refractivity contribution < 1.29 is 18.7 Å². The first kappa shape index (κ1) is 26.6. The Kier molecular flexibility index (Phi) is 7.41. The number of piperazine rings is 1. The Bertz CT molecular complexity index is 1530. The Balaban J connectivity index is 1.27. The van der Waals surface area contributed by atoms with E-state index in [4.69, 9.17) is 4.99 Å². The Morgan fingerprint density at radius 2 is 1.29 bits per heavy atom. The summed E-state index contributed by atoms with van der Waals surface area (Å²) in [6, 6.07) is 28.8. The predicted molar refractivity (Wildman–Crippen MR) is 154 cm³/mol. The van der Waals surface area contributed by atoms with Crippen molar-refractivity contribution >= 4 is 17.8 Å². The molecule has 1 saturated heterocycles. The molecule has 0 spiro atoms. The van der Waals surface area contributed by atoms with Crippen LogP contribution in [0.25, 0.3) is 6.08 Å². The molecule has 2 heterocycles. The van der Waals surface area contributed by atoms with Crippen molar-refractivity contribution in [3.63, 3.8) is 0 Å². The average molecular weight is 551 g/mol. The van der Waals surface area contributed by atoms with E-state index in [1.54, 1.807) is 59.6 Å². The molecule has 1 amide bonds. The first-order valence-corrected chi connectivity index (χ1v) is 13.5. The highest BCUT2D eigenvalue weighted by atomic mass is 19.1. The van der Waals surface area contributed by atoms with Crippen LogP contribution in [0, 0.1) is 11.6 Å². The van der Waals surface area contributed by atoms with E-state index in [0.29, 0.717) is 37.7 Å². The summed E-state index contributed by atoms with van der Waals surface area (Å²) in [5.41, 5.74) is 3.72. The fourth-order valence-electron chi connectivity index (χ4n) is 5.35. The molecule has 41 heavy (non-hydrogen) atoms. The highest BCUT2D eigenvalue weighted by Gasteiger charge is 2.38. The van der Waals surface area contributed by atoms with E-state index in [9.17, 15) is 18.7 Å². The van der Waals surface area contributed by atoms with Gasteiger partial charge >= 0.3 is 0 Å². The van der Waals surface area contributed by atoms with E-state index >= 15 is 0 Å². The summed E-state index contributed by atoms with van der Waals surface area (Å²) >= 11 is 0. The largest absolute Gasteiger partial charge is 0.508 e. The molecule has 8 heteroatoms. The number of hydrazine groups is 1. The fourth-order valence-corrected chi connectivity index (χ4v) is 5.35. The molecular weight excluding hydrogens is 522 g/mol. The number of hydrogen-bond acceptors (Lipinski definition) is 5. The Morgan fingerprint density at radius 1 is 0.732 bits per heavy atom. The molecule has 0 saturated carbocycles. The number of nitrogens with zero attached hydrogens (tertiary/aromatic N) is 4. The molecule has 2 aliphatic heterocycles. The molecule has 1 fully saturated rings. The van der Waals surface area contributed by atoms with E-state index in [1.807, 2.05) is 35.3 Å². The lowest BCUT2D eigenvalue weighted by Gasteiger charge is -2.42. The minimum atomic E-state index is -0.312. The van der Waals surface area contributed by atoms with Gasteiger partial charge in [0.05, 0.1) is 6.04 Å². The second-order valence-corrected chi connectivity index (χ2v) is 10.0. The Hall–Kier alpha value is -4.66. The van der Waals surface area contributed by atoms with Gasteiger partial charge in [-0.15, -0.1) is 0 Å².